The second kappa shape index (κ2) is 4.63. The molecule has 1 heterocycles. The van der Waals surface area contributed by atoms with Gasteiger partial charge in [-0.3, -0.25) is 0 Å². The lowest BCUT2D eigenvalue weighted by Crippen LogP contribution is -2.44. The molecule has 0 atom stereocenters. The number of hydrogen-bond acceptors (Lipinski definition) is 4. The van der Waals surface area contributed by atoms with Crippen LogP contribution in [0.15, 0.2) is 24.3 Å². The van der Waals surface area contributed by atoms with Gasteiger partial charge in [0.1, 0.15) is 0 Å². The van der Waals surface area contributed by atoms with Crippen molar-refractivity contribution in [3.63, 3.8) is 0 Å². The molecule has 0 bridgehead atoms. The topological polar surface area (TPSA) is 28.2 Å². The first kappa shape index (κ1) is 12.3. The fraction of sp³-hybridized carbons (Fsp3) is 0.462. The molecule has 2 aromatic rings. The molecule has 0 saturated carbocycles. The number of nitrogens with zero attached hydrogens (tertiary/aromatic N) is 2. The molecule has 0 aliphatic rings. The molecule has 0 spiro atoms. The summed E-state index contributed by atoms with van der Waals surface area (Å²) in [6.45, 7) is 5.32. The summed E-state index contributed by atoms with van der Waals surface area (Å²) < 4.78 is 1.23. The van der Waals surface area contributed by atoms with Gasteiger partial charge in [-0.2, -0.15) is 0 Å². The van der Waals surface area contributed by atoms with Gasteiger partial charge >= 0.3 is 0 Å². The summed E-state index contributed by atoms with van der Waals surface area (Å²) in [7, 11) is 4.19. The molecule has 2 rings (SSSR count). The summed E-state index contributed by atoms with van der Waals surface area (Å²) in [4.78, 5) is 6.78. The SMILES string of the molecule is CN(C)C(C)(C)CNc1nc2ccccc2s1. The minimum atomic E-state index is 0.123. The average molecular weight is 249 g/mol. The van der Waals surface area contributed by atoms with Crippen molar-refractivity contribution in [3.05, 3.63) is 24.3 Å². The Hall–Kier alpha value is -1.13. The Balaban J connectivity index is 2.09. The lowest BCUT2D eigenvalue weighted by atomic mass is 10.1. The van der Waals surface area contributed by atoms with E-state index in [1.165, 1.54) is 4.70 Å². The Labute approximate surface area is 106 Å². The van der Waals surface area contributed by atoms with Gasteiger partial charge < -0.3 is 10.2 Å². The second-order valence-electron chi connectivity index (χ2n) is 5.05. The van der Waals surface area contributed by atoms with Crippen molar-refractivity contribution in [2.75, 3.05) is 26.0 Å². The number of nitrogens with one attached hydrogen (secondary N) is 1. The fourth-order valence-electron chi connectivity index (χ4n) is 1.40. The highest BCUT2D eigenvalue weighted by Gasteiger charge is 2.20. The molecule has 0 aliphatic carbocycles. The molecule has 0 aliphatic heterocycles. The highest BCUT2D eigenvalue weighted by atomic mass is 32.1. The highest BCUT2D eigenvalue weighted by Crippen LogP contribution is 2.25. The molecule has 0 fully saturated rings. The Kier molecular flexibility index (Phi) is 3.35. The Bertz CT molecular complexity index is 469. The van der Waals surface area contributed by atoms with Crippen LogP contribution in [0.3, 0.4) is 0 Å². The van der Waals surface area contributed by atoms with E-state index in [4.69, 9.17) is 0 Å². The molecule has 1 N–H and O–H groups in total. The lowest BCUT2D eigenvalue weighted by molar-refractivity contribution is 0.210. The van der Waals surface area contributed by atoms with Crippen LogP contribution in [0.4, 0.5) is 5.13 Å². The summed E-state index contributed by atoms with van der Waals surface area (Å²) in [5, 5.41) is 4.42. The molecule has 17 heavy (non-hydrogen) atoms. The largest absolute Gasteiger partial charge is 0.360 e. The van der Waals surface area contributed by atoms with Gasteiger partial charge in [0.15, 0.2) is 5.13 Å². The van der Waals surface area contributed by atoms with E-state index in [0.717, 1.165) is 17.2 Å². The number of rotatable bonds is 4. The fourth-order valence-corrected chi connectivity index (χ4v) is 2.26. The summed E-state index contributed by atoms with van der Waals surface area (Å²) in [5.74, 6) is 0. The molecular weight excluding hydrogens is 230 g/mol. The van der Waals surface area contributed by atoms with Crippen LogP contribution in [-0.2, 0) is 0 Å². The molecule has 4 heteroatoms. The van der Waals surface area contributed by atoms with E-state index in [1.54, 1.807) is 11.3 Å². The van der Waals surface area contributed by atoms with E-state index in [-0.39, 0.29) is 5.54 Å². The second-order valence-corrected chi connectivity index (χ2v) is 6.08. The van der Waals surface area contributed by atoms with Gasteiger partial charge in [0, 0.05) is 12.1 Å². The summed E-state index contributed by atoms with van der Waals surface area (Å²) in [6, 6.07) is 8.23. The van der Waals surface area contributed by atoms with E-state index in [9.17, 15) is 0 Å². The third-order valence-corrected chi connectivity index (χ3v) is 4.17. The van der Waals surface area contributed by atoms with Crippen molar-refractivity contribution in [1.82, 2.24) is 9.88 Å². The van der Waals surface area contributed by atoms with Crippen LogP contribution < -0.4 is 5.32 Å². The van der Waals surface area contributed by atoms with E-state index < -0.39 is 0 Å². The van der Waals surface area contributed by atoms with Crippen LogP contribution in [0.2, 0.25) is 0 Å². The van der Waals surface area contributed by atoms with Gasteiger partial charge in [-0.1, -0.05) is 23.5 Å². The quantitative estimate of drug-likeness (QED) is 0.902. The standard InChI is InChI=1S/C13H19N3S/c1-13(2,16(3)4)9-14-12-15-10-7-5-6-8-11(10)17-12/h5-8H,9H2,1-4H3,(H,14,15). The van der Waals surface area contributed by atoms with E-state index in [2.05, 4.69) is 49.2 Å². The molecule has 0 saturated heterocycles. The number of para-hydroxylation sites is 1. The molecule has 0 unspecified atom stereocenters. The zero-order chi connectivity index (χ0) is 12.5. The van der Waals surface area contributed by atoms with Crippen molar-refractivity contribution >= 4 is 26.7 Å². The predicted octanol–water partition coefficient (Wildman–Crippen LogP) is 3.05. The number of aromatic nitrogens is 1. The molecule has 3 nitrogen and oxygen atoms in total. The van der Waals surface area contributed by atoms with Gasteiger partial charge in [-0.25, -0.2) is 4.98 Å². The van der Waals surface area contributed by atoms with Crippen LogP contribution in [0.25, 0.3) is 10.2 Å². The molecule has 1 aromatic carbocycles. The first-order valence-electron chi connectivity index (χ1n) is 5.76. The average Bonchev–Trinajstić information content (AvgIpc) is 2.69. The lowest BCUT2D eigenvalue weighted by Gasteiger charge is -2.32. The number of fused-ring (bicyclic) bond motifs is 1. The minimum absolute atomic E-state index is 0.123. The summed E-state index contributed by atoms with van der Waals surface area (Å²) in [6.07, 6.45) is 0. The van der Waals surface area contributed by atoms with Gasteiger partial charge in [0.05, 0.1) is 10.2 Å². The highest BCUT2D eigenvalue weighted by molar-refractivity contribution is 7.22. The monoisotopic (exact) mass is 249 g/mol. The van der Waals surface area contributed by atoms with Crippen LogP contribution in [-0.4, -0.2) is 36.1 Å². The van der Waals surface area contributed by atoms with E-state index in [0.29, 0.717) is 0 Å². The Morgan fingerprint density at radius 2 is 2.00 bits per heavy atom. The van der Waals surface area contributed by atoms with Gasteiger partial charge in [0.2, 0.25) is 0 Å². The molecule has 0 amide bonds. The molecule has 0 radical (unpaired) electrons. The van der Waals surface area contributed by atoms with Gasteiger partial charge in [0.25, 0.3) is 0 Å². The van der Waals surface area contributed by atoms with E-state index >= 15 is 0 Å². The number of anilines is 1. The first-order chi connectivity index (χ1) is 7.99. The molecular formula is C13H19N3S. The van der Waals surface area contributed by atoms with Crippen molar-refractivity contribution in [3.8, 4) is 0 Å². The smallest absolute Gasteiger partial charge is 0.183 e. The Morgan fingerprint density at radius 1 is 1.29 bits per heavy atom. The summed E-state index contributed by atoms with van der Waals surface area (Å²) in [5.41, 5.74) is 1.19. The predicted molar refractivity (Wildman–Crippen MR) is 75.9 cm³/mol. The normalized spacial score (nSPS) is 12.3. The minimum Gasteiger partial charge on any atom is -0.360 e. The van der Waals surface area contributed by atoms with Crippen LogP contribution in [0.1, 0.15) is 13.8 Å². The first-order valence-corrected chi connectivity index (χ1v) is 6.57. The van der Waals surface area contributed by atoms with Crippen molar-refractivity contribution < 1.29 is 0 Å². The van der Waals surface area contributed by atoms with Crippen LogP contribution in [0.5, 0.6) is 0 Å². The van der Waals surface area contributed by atoms with Crippen molar-refractivity contribution in [2.24, 2.45) is 0 Å². The number of thiazole rings is 1. The molecule has 92 valence electrons. The maximum atomic E-state index is 4.56. The zero-order valence-corrected chi connectivity index (χ0v) is 11.6. The number of benzene rings is 1. The third-order valence-electron chi connectivity index (χ3n) is 3.18. The molecule has 1 aromatic heterocycles. The summed E-state index contributed by atoms with van der Waals surface area (Å²) >= 11 is 1.71. The number of hydrogen-bond donors (Lipinski definition) is 1. The number of likely N-dealkylation sites (N-methyl/N-ethyl adjacent to an activating group) is 1. The van der Waals surface area contributed by atoms with Crippen LogP contribution in [0, 0.1) is 0 Å². The van der Waals surface area contributed by atoms with Gasteiger partial charge in [-0.15, -0.1) is 0 Å². The zero-order valence-electron chi connectivity index (χ0n) is 10.8. The Morgan fingerprint density at radius 3 is 2.65 bits per heavy atom. The third kappa shape index (κ3) is 2.76. The van der Waals surface area contributed by atoms with Crippen molar-refractivity contribution in [2.45, 2.75) is 19.4 Å². The van der Waals surface area contributed by atoms with Gasteiger partial charge in [-0.05, 0) is 40.1 Å². The van der Waals surface area contributed by atoms with Crippen LogP contribution >= 0.6 is 11.3 Å². The van der Waals surface area contributed by atoms with Crippen molar-refractivity contribution in [1.29, 1.82) is 0 Å². The maximum absolute atomic E-state index is 4.56. The maximum Gasteiger partial charge on any atom is 0.183 e. The van der Waals surface area contributed by atoms with E-state index in [1.807, 2.05) is 18.2 Å².